The van der Waals surface area contributed by atoms with Gasteiger partial charge in [0.25, 0.3) is 5.91 Å². The molecule has 1 aliphatic rings. The summed E-state index contributed by atoms with van der Waals surface area (Å²) < 4.78 is 0. The number of amides is 1. The third-order valence-electron chi connectivity index (χ3n) is 5.06. The standard InChI is InChI=1S/C22H31N5O/c1-3-10-27(11-4-2)22-23-16-20(17-24-22)21(28)26-14-12-25(13-15-26)18-19-8-6-5-7-9-19/h5-9,16-17H,3-4,10-15,18H2,1-2H3. The minimum Gasteiger partial charge on any atom is -0.341 e. The number of carbonyl (C=O) groups is 1. The summed E-state index contributed by atoms with van der Waals surface area (Å²) in [6.07, 6.45) is 5.47. The van der Waals surface area contributed by atoms with E-state index in [0.29, 0.717) is 11.5 Å². The molecule has 0 radical (unpaired) electrons. The number of nitrogens with zero attached hydrogens (tertiary/aromatic N) is 5. The minimum absolute atomic E-state index is 0.0310. The first kappa shape index (κ1) is 20.3. The largest absolute Gasteiger partial charge is 0.341 e. The molecule has 28 heavy (non-hydrogen) atoms. The molecule has 150 valence electrons. The Morgan fingerprint density at radius 2 is 1.57 bits per heavy atom. The lowest BCUT2D eigenvalue weighted by Gasteiger charge is -2.34. The van der Waals surface area contributed by atoms with Crippen LogP contribution in [-0.2, 0) is 6.54 Å². The van der Waals surface area contributed by atoms with E-state index in [-0.39, 0.29) is 5.91 Å². The van der Waals surface area contributed by atoms with Crippen LogP contribution in [0.15, 0.2) is 42.7 Å². The van der Waals surface area contributed by atoms with E-state index in [9.17, 15) is 4.79 Å². The van der Waals surface area contributed by atoms with Crippen molar-refractivity contribution in [3.8, 4) is 0 Å². The van der Waals surface area contributed by atoms with Gasteiger partial charge in [-0.25, -0.2) is 9.97 Å². The minimum atomic E-state index is 0.0310. The highest BCUT2D eigenvalue weighted by Gasteiger charge is 2.23. The molecule has 0 spiro atoms. The van der Waals surface area contributed by atoms with Gasteiger partial charge in [-0.3, -0.25) is 9.69 Å². The average Bonchev–Trinajstić information content (AvgIpc) is 2.74. The van der Waals surface area contributed by atoms with Crippen molar-refractivity contribution >= 4 is 11.9 Å². The summed E-state index contributed by atoms with van der Waals surface area (Å²) in [4.78, 5) is 28.2. The van der Waals surface area contributed by atoms with Gasteiger partial charge in [-0.05, 0) is 18.4 Å². The molecule has 2 heterocycles. The molecular formula is C22H31N5O. The molecule has 0 N–H and O–H groups in total. The molecule has 0 aliphatic carbocycles. The number of benzene rings is 1. The van der Waals surface area contributed by atoms with Crippen molar-refractivity contribution in [2.24, 2.45) is 0 Å². The number of hydrogen-bond acceptors (Lipinski definition) is 5. The molecule has 1 aromatic heterocycles. The van der Waals surface area contributed by atoms with Crippen LogP contribution < -0.4 is 4.90 Å². The Hall–Kier alpha value is -2.47. The van der Waals surface area contributed by atoms with Gasteiger partial charge in [0.2, 0.25) is 5.95 Å². The van der Waals surface area contributed by atoms with Crippen LogP contribution in [-0.4, -0.2) is 64.9 Å². The Balaban J connectivity index is 1.54. The Bertz CT molecular complexity index is 720. The van der Waals surface area contributed by atoms with E-state index in [1.165, 1.54) is 5.56 Å². The number of anilines is 1. The normalized spacial score (nSPS) is 14.9. The van der Waals surface area contributed by atoms with Gasteiger partial charge in [-0.1, -0.05) is 44.2 Å². The first-order valence-electron chi connectivity index (χ1n) is 10.3. The molecule has 1 saturated heterocycles. The molecule has 0 atom stereocenters. The number of aromatic nitrogens is 2. The van der Waals surface area contributed by atoms with E-state index in [0.717, 1.165) is 58.7 Å². The highest BCUT2D eigenvalue weighted by Crippen LogP contribution is 2.13. The first-order chi connectivity index (χ1) is 13.7. The zero-order valence-corrected chi connectivity index (χ0v) is 17.0. The summed E-state index contributed by atoms with van der Waals surface area (Å²) in [6.45, 7) is 10.4. The summed E-state index contributed by atoms with van der Waals surface area (Å²) >= 11 is 0. The smallest absolute Gasteiger partial charge is 0.257 e. The second-order valence-electron chi connectivity index (χ2n) is 7.31. The Kier molecular flexibility index (Phi) is 7.37. The van der Waals surface area contributed by atoms with Crippen LogP contribution in [0.2, 0.25) is 0 Å². The first-order valence-corrected chi connectivity index (χ1v) is 10.3. The van der Waals surface area contributed by atoms with Crippen LogP contribution in [0.5, 0.6) is 0 Å². The highest BCUT2D eigenvalue weighted by molar-refractivity contribution is 5.93. The Morgan fingerprint density at radius 3 is 2.14 bits per heavy atom. The monoisotopic (exact) mass is 381 g/mol. The summed E-state index contributed by atoms with van der Waals surface area (Å²) in [6, 6.07) is 10.5. The number of rotatable bonds is 8. The van der Waals surface area contributed by atoms with E-state index in [4.69, 9.17) is 0 Å². The van der Waals surface area contributed by atoms with Crippen molar-refractivity contribution < 1.29 is 4.79 Å². The number of hydrogen-bond donors (Lipinski definition) is 0. The van der Waals surface area contributed by atoms with Crippen molar-refractivity contribution in [1.29, 1.82) is 0 Å². The fourth-order valence-electron chi connectivity index (χ4n) is 3.58. The van der Waals surface area contributed by atoms with Gasteiger partial charge in [0, 0.05) is 58.2 Å². The molecule has 2 aromatic rings. The summed E-state index contributed by atoms with van der Waals surface area (Å²) in [5.41, 5.74) is 1.89. The molecule has 0 unspecified atom stereocenters. The molecule has 1 fully saturated rings. The predicted molar refractivity (Wildman–Crippen MR) is 112 cm³/mol. The van der Waals surface area contributed by atoms with Crippen LogP contribution in [0.3, 0.4) is 0 Å². The van der Waals surface area contributed by atoms with Crippen LogP contribution in [0.4, 0.5) is 5.95 Å². The lowest BCUT2D eigenvalue weighted by atomic mass is 10.2. The molecule has 6 heteroatoms. The maximum absolute atomic E-state index is 12.8. The van der Waals surface area contributed by atoms with Gasteiger partial charge in [0.1, 0.15) is 0 Å². The third-order valence-corrected chi connectivity index (χ3v) is 5.06. The number of piperazine rings is 1. The summed E-state index contributed by atoms with van der Waals surface area (Å²) in [5.74, 6) is 0.747. The molecule has 0 saturated carbocycles. The third kappa shape index (κ3) is 5.29. The van der Waals surface area contributed by atoms with Crippen LogP contribution in [0.1, 0.15) is 42.6 Å². The second-order valence-corrected chi connectivity index (χ2v) is 7.31. The van der Waals surface area contributed by atoms with E-state index >= 15 is 0 Å². The molecule has 0 bridgehead atoms. The van der Waals surface area contributed by atoms with E-state index in [1.54, 1.807) is 12.4 Å². The van der Waals surface area contributed by atoms with Crippen molar-refractivity contribution in [3.05, 3.63) is 53.9 Å². The zero-order valence-electron chi connectivity index (χ0n) is 17.0. The lowest BCUT2D eigenvalue weighted by Crippen LogP contribution is -2.48. The molecule has 1 aromatic carbocycles. The van der Waals surface area contributed by atoms with Gasteiger partial charge in [-0.15, -0.1) is 0 Å². The Labute approximate surface area is 168 Å². The van der Waals surface area contributed by atoms with Gasteiger partial charge < -0.3 is 9.80 Å². The molecule has 6 nitrogen and oxygen atoms in total. The highest BCUT2D eigenvalue weighted by atomic mass is 16.2. The summed E-state index contributed by atoms with van der Waals surface area (Å²) in [5, 5.41) is 0. The zero-order chi connectivity index (χ0) is 19.8. The summed E-state index contributed by atoms with van der Waals surface area (Å²) in [7, 11) is 0. The Morgan fingerprint density at radius 1 is 0.964 bits per heavy atom. The fraction of sp³-hybridized carbons (Fsp3) is 0.500. The second kappa shape index (κ2) is 10.2. The number of carbonyl (C=O) groups excluding carboxylic acids is 1. The SMILES string of the molecule is CCCN(CCC)c1ncc(C(=O)N2CCN(Cc3ccccc3)CC2)cn1. The van der Waals surface area contributed by atoms with Crippen LogP contribution >= 0.6 is 0 Å². The maximum atomic E-state index is 12.8. The average molecular weight is 382 g/mol. The van der Waals surface area contributed by atoms with Crippen LogP contribution in [0, 0.1) is 0 Å². The van der Waals surface area contributed by atoms with E-state index in [2.05, 4.69) is 57.9 Å². The van der Waals surface area contributed by atoms with Crippen molar-refractivity contribution in [3.63, 3.8) is 0 Å². The molecular weight excluding hydrogens is 350 g/mol. The maximum Gasteiger partial charge on any atom is 0.257 e. The molecule has 3 rings (SSSR count). The topological polar surface area (TPSA) is 52.6 Å². The van der Waals surface area contributed by atoms with Gasteiger partial charge in [0.05, 0.1) is 5.56 Å². The van der Waals surface area contributed by atoms with Crippen molar-refractivity contribution in [1.82, 2.24) is 19.8 Å². The van der Waals surface area contributed by atoms with Crippen molar-refractivity contribution in [2.45, 2.75) is 33.2 Å². The van der Waals surface area contributed by atoms with Crippen molar-refractivity contribution in [2.75, 3.05) is 44.2 Å². The van der Waals surface area contributed by atoms with Gasteiger partial charge in [0.15, 0.2) is 0 Å². The molecule has 1 aliphatic heterocycles. The fourth-order valence-corrected chi connectivity index (χ4v) is 3.58. The lowest BCUT2D eigenvalue weighted by molar-refractivity contribution is 0.0627. The van der Waals surface area contributed by atoms with Gasteiger partial charge >= 0.3 is 0 Å². The predicted octanol–water partition coefficient (Wildman–Crippen LogP) is 3.06. The van der Waals surface area contributed by atoms with E-state index < -0.39 is 0 Å². The van der Waals surface area contributed by atoms with E-state index in [1.807, 2.05) is 11.0 Å². The quantitative estimate of drug-likeness (QED) is 0.703. The molecule has 1 amide bonds. The van der Waals surface area contributed by atoms with Gasteiger partial charge in [-0.2, -0.15) is 0 Å². The van der Waals surface area contributed by atoms with Crippen LogP contribution in [0.25, 0.3) is 0 Å².